The van der Waals surface area contributed by atoms with E-state index < -0.39 is 0 Å². The number of ether oxygens (including phenoxy) is 1. The van der Waals surface area contributed by atoms with Gasteiger partial charge in [0.2, 0.25) is 5.91 Å². The van der Waals surface area contributed by atoms with Crippen LogP contribution in [0.5, 0.6) is 5.75 Å². The predicted molar refractivity (Wildman–Crippen MR) is 95.4 cm³/mol. The third kappa shape index (κ3) is 3.40. The molecule has 1 aromatic heterocycles. The fraction of sp³-hybridized carbons (Fsp3) is 0.263. The maximum atomic E-state index is 12.3. The fourth-order valence-electron chi connectivity index (χ4n) is 2.69. The van der Waals surface area contributed by atoms with Crippen molar-refractivity contribution < 1.29 is 9.53 Å². The van der Waals surface area contributed by atoms with Crippen molar-refractivity contribution in [1.29, 1.82) is 0 Å². The van der Waals surface area contributed by atoms with Gasteiger partial charge in [0.05, 0.1) is 30.9 Å². The van der Waals surface area contributed by atoms with Gasteiger partial charge in [-0.15, -0.1) is 0 Å². The van der Waals surface area contributed by atoms with Crippen molar-refractivity contribution >= 4 is 22.6 Å². The van der Waals surface area contributed by atoms with Gasteiger partial charge in [0.1, 0.15) is 5.75 Å². The topological polar surface area (TPSA) is 56.1 Å². The van der Waals surface area contributed by atoms with Crippen molar-refractivity contribution in [2.45, 2.75) is 26.3 Å². The van der Waals surface area contributed by atoms with Crippen LogP contribution in [0.1, 0.15) is 25.5 Å². The van der Waals surface area contributed by atoms with Crippen LogP contribution in [0, 0.1) is 0 Å². The third-order valence-corrected chi connectivity index (χ3v) is 3.91. The van der Waals surface area contributed by atoms with Crippen LogP contribution in [0.4, 0.5) is 5.69 Å². The van der Waals surface area contributed by atoms with Crippen LogP contribution in [0.3, 0.4) is 0 Å². The Hall–Kier alpha value is -2.82. The minimum absolute atomic E-state index is 0.0640. The van der Waals surface area contributed by atoms with Crippen LogP contribution in [-0.2, 0) is 11.2 Å². The summed E-state index contributed by atoms with van der Waals surface area (Å²) in [5.41, 5.74) is 3.61. The van der Waals surface area contributed by atoms with Gasteiger partial charge in [0.15, 0.2) is 0 Å². The highest BCUT2D eigenvalue weighted by Gasteiger charge is 2.09. The number of nitrogens with zero attached hydrogens (tertiary/aromatic N) is 2. The Kier molecular flexibility index (Phi) is 4.51. The van der Waals surface area contributed by atoms with Crippen LogP contribution in [0.2, 0.25) is 0 Å². The summed E-state index contributed by atoms with van der Waals surface area (Å²) in [6, 6.07) is 13.7. The van der Waals surface area contributed by atoms with Gasteiger partial charge in [0, 0.05) is 11.7 Å². The molecule has 0 aliphatic rings. The van der Waals surface area contributed by atoms with E-state index in [0.29, 0.717) is 12.5 Å². The van der Waals surface area contributed by atoms with E-state index in [2.05, 4.69) is 28.7 Å². The van der Waals surface area contributed by atoms with E-state index in [1.807, 2.05) is 48.8 Å². The zero-order valence-corrected chi connectivity index (χ0v) is 14.1. The van der Waals surface area contributed by atoms with E-state index in [-0.39, 0.29) is 5.91 Å². The molecule has 5 nitrogen and oxygen atoms in total. The normalized spacial score (nSPS) is 11.0. The minimum atomic E-state index is -0.0640. The molecule has 0 saturated heterocycles. The number of imidazole rings is 1. The molecule has 0 spiro atoms. The van der Waals surface area contributed by atoms with Crippen molar-refractivity contribution in [3.05, 3.63) is 54.4 Å². The lowest BCUT2D eigenvalue weighted by atomic mass is 10.1. The maximum Gasteiger partial charge on any atom is 0.228 e. The van der Waals surface area contributed by atoms with Crippen molar-refractivity contribution in [2.75, 3.05) is 12.4 Å². The number of rotatable bonds is 5. The zero-order valence-electron chi connectivity index (χ0n) is 14.1. The second kappa shape index (κ2) is 6.74. The average Bonchev–Trinajstić information content (AvgIpc) is 2.98. The fourth-order valence-corrected chi connectivity index (χ4v) is 2.69. The standard InChI is InChI=1S/C19H21N3O2/c1-13(2)22-12-20-17-11-15(7-8-18(17)22)21-19(23)10-14-5-4-6-16(9-14)24-3/h4-9,11-13H,10H2,1-3H3,(H,21,23). The molecule has 2 aromatic carbocycles. The number of benzene rings is 2. The molecule has 0 atom stereocenters. The minimum Gasteiger partial charge on any atom is -0.497 e. The first-order chi connectivity index (χ1) is 11.6. The van der Waals surface area contributed by atoms with Crippen molar-refractivity contribution in [3.8, 4) is 5.75 Å². The zero-order chi connectivity index (χ0) is 17.1. The van der Waals surface area contributed by atoms with Gasteiger partial charge >= 0.3 is 0 Å². The number of hydrogen-bond acceptors (Lipinski definition) is 3. The molecule has 0 aliphatic carbocycles. The number of fused-ring (bicyclic) bond motifs is 1. The molecular formula is C19H21N3O2. The average molecular weight is 323 g/mol. The Morgan fingerprint density at radius 2 is 2.08 bits per heavy atom. The quantitative estimate of drug-likeness (QED) is 0.777. The first-order valence-corrected chi connectivity index (χ1v) is 7.96. The summed E-state index contributed by atoms with van der Waals surface area (Å²) in [7, 11) is 1.62. The van der Waals surface area contributed by atoms with Crippen LogP contribution in [0.25, 0.3) is 11.0 Å². The van der Waals surface area contributed by atoms with E-state index in [4.69, 9.17) is 4.74 Å². The van der Waals surface area contributed by atoms with E-state index in [1.165, 1.54) is 0 Å². The Labute approximate surface area is 141 Å². The molecule has 3 rings (SSSR count). The summed E-state index contributed by atoms with van der Waals surface area (Å²) >= 11 is 0. The van der Waals surface area contributed by atoms with Gasteiger partial charge in [-0.1, -0.05) is 12.1 Å². The summed E-state index contributed by atoms with van der Waals surface area (Å²) in [6.07, 6.45) is 2.13. The Bertz CT molecular complexity index is 868. The number of aromatic nitrogens is 2. The highest BCUT2D eigenvalue weighted by molar-refractivity contribution is 5.94. The number of carbonyl (C=O) groups is 1. The maximum absolute atomic E-state index is 12.3. The molecular weight excluding hydrogens is 302 g/mol. The molecule has 0 radical (unpaired) electrons. The Balaban J connectivity index is 1.73. The Morgan fingerprint density at radius 3 is 2.83 bits per heavy atom. The summed E-state index contributed by atoms with van der Waals surface area (Å²) in [5, 5.41) is 2.93. The molecule has 3 aromatic rings. The van der Waals surface area contributed by atoms with Gasteiger partial charge < -0.3 is 14.6 Å². The van der Waals surface area contributed by atoms with Crippen LogP contribution >= 0.6 is 0 Å². The number of amides is 1. The number of methoxy groups -OCH3 is 1. The van der Waals surface area contributed by atoms with Gasteiger partial charge in [-0.2, -0.15) is 0 Å². The van der Waals surface area contributed by atoms with Crippen LogP contribution < -0.4 is 10.1 Å². The van der Waals surface area contributed by atoms with Crippen LogP contribution in [-0.4, -0.2) is 22.6 Å². The first kappa shape index (κ1) is 16.1. The summed E-state index contributed by atoms with van der Waals surface area (Å²) in [6.45, 7) is 4.23. The highest BCUT2D eigenvalue weighted by Crippen LogP contribution is 2.21. The van der Waals surface area contributed by atoms with Crippen molar-refractivity contribution in [2.24, 2.45) is 0 Å². The van der Waals surface area contributed by atoms with Gasteiger partial charge in [-0.25, -0.2) is 4.98 Å². The largest absolute Gasteiger partial charge is 0.497 e. The lowest BCUT2D eigenvalue weighted by molar-refractivity contribution is -0.115. The highest BCUT2D eigenvalue weighted by atomic mass is 16.5. The SMILES string of the molecule is COc1cccc(CC(=O)Nc2ccc3c(c2)ncn3C(C)C)c1. The van der Waals surface area contributed by atoms with Crippen LogP contribution in [0.15, 0.2) is 48.8 Å². The smallest absolute Gasteiger partial charge is 0.228 e. The molecule has 0 unspecified atom stereocenters. The van der Waals surface area contributed by atoms with E-state index in [0.717, 1.165) is 28.0 Å². The lowest BCUT2D eigenvalue weighted by Crippen LogP contribution is -2.14. The van der Waals surface area contributed by atoms with E-state index in [9.17, 15) is 4.79 Å². The third-order valence-electron chi connectivity index (χ3n) is 3.91. The molecule has 1 N–H and O–H groups in total. The first-order valence-electron chi connectivity index (χ1n) is 7.96. The predicted octanol–water partition coefficient (Wildman–Crippen LogP) is 3.81. The summed E-state index contributed by atoms with van der Waals surface area (Å²) in [5.74, 6) is 0.687. The van der Waals surface area contributed by atoms with Crippen molar-refractivity contribution in [1.82, 2.24) is 9.55 Å². The number of anilines is 1. The molecule has 0 aliphatic heterocycles. The molecule has 0 saturated carbocycles. The lowest BCUT2D eigenvalue weighted by Gasteiger charge is -2.09. The monoisotopic (exact) mass is 323 g/mol. The molecule has 24 heavy (non-hydrogen) atoms. The molecule has 1 heterocycles. The summed E-state index contributed by atoms with van der Waals surface area (Å²) in [4.78, 5) is 16.7. The second-order valence-corrected chi connectivity index (χ2v) is 6.03. The van der Waals surface area contributed by atoms with Gasteiger partial charge in [-0.05, 0) is 49.7 Å². The molecule has 124 valence electrons. The number of nitrogens with one attached hydrogen (secondary N) is 1. The van der Waals surface area contributed by atoms with E-state index >= 15 is 0 Å². The van der Waals surface area contributed by atoms with Crippen molar-refractivity contribution in [3.63, 3.8) is 0 Å². The molecule has 0 bridgehead atoms. The van der Waals surface area contributed by atoms with Gasteiger partial charge in [-0.3, -0.25) is 4.79 Å². The number of carbonyl (C=O) groups excluding carboxylic acids is 1. The number of hydrogen-bond donors (Lipinski definition) is 1. The molecule has 1 amide bonds. The molecule has 0 fully saturated rings. The second-order valence-electron chi connectivity index (χ2n) is 6.03. The Morgan fingerprint density at radius 1 is 1.25 bits per heavy atom. The van der Waals surface area contributed by atoms with E-state index in [1.54, 1.807) is 7.11 Å². The summed E-state index contributed by atoms with van der Waals surface area (Å²) < 4.78 is 7.29. The molecule has 5 heteroatoms. The van der Waals surface area contributed by atoms with Gasteiger partial charge in [0.25, 0.3) is 0 Å².